The van der Waals surface area contributed by atoms with Gasteiger partial charge < -0.3 is 0 Å². The van der Waals surface area contributed by atoms with Crippen molar-refractivity contribution in [3.05, 3.63) is 106 Å². The zero-order chi connectivity index (χ0) is 21.8. The molecule has 0 aliphatic carbocycles. The molecule has 0 unspecified atom stereocenters. The van der Waals surface area contributed by atoms with Gasteiger partial charge in [-0.05, 0) is 70.5 Å². The number of rotatable bonds is 0. The van der Waals surface area contributed by atoms with E-state index in [1.165, 1.54) is 11.1 Å². The van der Waals surface area contributed by atoms with Gasteiger partial charge in [0.15, 0.2) is 0 Å². The Morgan fingerprint density at radius 3 is 0.767 bits per heavy atom. The molecule has 0 bridgehead atoms. The summed E-state index contributed by atoms with van der Waals surface area (Å²) in [5, 5.41) is 0. The molecule has 0 atom stereocenters. The monoisotopic (exact) mass is 390 g/mol. The van der Waals surface area contributed by atoms with E-state index in [1.54, 1.807) is 0 Å². The average molecular weight is 391 g/mol. The van der Waals surface area contributed by atoms with Crippen LogP contribution < -0.4 is 0 Å². The van der Waals surface area contributed by atoms with Crippen molar-refractivity contribution in [2.24, 2.45) is 0 Å². The molecule has 0 nitrogen and oxygen atoms in total. The molecule has 150 valence electrons. The van der Waals surface area contributed by atoms with Crippen molar-refractivity contribution < 1.29 is 0 Å². The molecule has 0 N–H and O–H groups in total. The van der Waals surface area contributed by atoms with Crippen molar-refractivity contribution in [2.45, 2.75) is 52.4 Å². The van der Waals surface area contributed by atoms with Crippen LogP contribution in [0.25, 0.3) is 0 Å². The Bertz CT molecular complexity index is 1010. The minimum absolute atomic E-state index is 0.164. The molecule has 0 aromatic heterocycles. The molecule has 0 fully saturated rings. The fourth-order valence-corrected chi connectivity index (χ4v) is 3.03. The zero-order valence-electron chi connectivity index (χ0n) is 18.9. The SMILES string of the molecule is CC(C)(C)c1ccc(C#Cc2ccc(C#Cc3ccc(C(C)(C)C)cc3)cc2)cc1. The van der Waals surface area contributed by atoms with Gasteiger partial charge in [0.2, 0.25) is 0 Å². The summed E-state index contributed by atoms with van der Waals surface area (Å²) < 4.78 is 0. The van der Waals surface area contributed by atoms with E-state index in [9.17, 15) is 0 Å². The van der Waals surface area contributed by atoms with Gasteiger partial charge in [-0.2, -0.15) is 0 Å². The Balaban J connectivity index is 1.68. The van der Waals surface area contributed by atoms with Gasteiger partial charge >= 0.3 is 0 Å². The molecule has 3 aromatic rings. The summed E-state index contributed by atoms with van der Waals surface area (Å²) in [6.07, 6.45) is 0. The number of benzene rings is 3. The van der Waals surface area contributed by atoms with E-state index in [0.717, 1.165) is 22.3 Å². The third-order valence-electron chi connectivity index (χ3n) is 5.09. The van der Waals surface area contributed by atoms with Crippen LogP contribution in [0.5, 0.6) is 0 Å². The van der Waals surface area contributed by atoms with E-state index < -0.39 is 0 Å². The second-order valence-corrected chi connectivity index (χ2v) is 9.73. The summed E-state index contributed by atoms with van der Waals surface area (Å²) in [5.41, 5.74) is 7.03. The standard InChI is InChI=1S/C30H30/c1-29(2,3)27-19-15-25(16-20-27)13-11-23-7-9-24(10-8-23)12-14-26-17-21-28(22-18-26)30(4,5)6/h7-10,15-22H,1-6H3. The molecule has 0 amide bonds. The maximum Gasteiger partial charge on any atom is 0.0249 e. The lowest BCUT2D eigenvalue weighted by Gasteiger charge is -2.18. The van der Waals surface area contributed by atoms with Crippen LogP contribution in [0.15, 0.2) is 72.8 Å². The first-order valence-electron chi connectivity index (χ1n) is 10.5. The Hall–Kier alpha value is -3.22. The van der Waals surface area contributed by atoms with E-state index in [4.69, 9.17) is 0 Å². The summed E-state index contributed by atoms with van der Waals surface area (Å²) in [4.78, 5) is 0. The van der Waals surface area contributed by atoms with E-state index in [2.05, 4.69) is 114 Å². The lowest BCUT2D eigenvalue weighted by molar-refractivity contribution is 0.590. The zero-order valence-corrected chi connectivity index (χ0v) is 18.9. The lowest BCUT2D eigenvalue weighted by Crippen LogP contribution is -2.10. The van der Waals surface area contributed by atoms with Crippen molar-refractivity contribution in [1.29, 1.82) is 0 Å². The van der Waals surface area contributed by atoms with Crippen LogP contribution in [0.2, 0.25) is 0 Å². The predicted molar refractivity (Wildman–Crippen MR) is 129 cm³/mol. The number of hydrogen-bond acceptors (Lipinski definition) is 0. The predicted octanol–water partition coefficient (Wildman–Crippen LogP) is 7.08. The number of hydrogen-bond donors (Lipinski definition) is 0. The minimum atomic E-state index is 0.164. The summed E-state index contributed by atoms with van der Waals surface area (Å²) in [6.45, 7) is 13.3. The van der Waals surface area contributed by atoms with Gasteiger partial charge in [-0.15, -0.1) is 0 Å². The Labute approximate surface area is 182 Å². The molecular weight excluding hydrogens is 360 g/mol. The second-order valence-electron chi connectivity index (χ2n) is 9.73. The van der Waals surface area contributed by atoms with Crippen LogP contribution in [0.3, 0.4) is 0 Å². The summed E-state index contributed by atoms with van der Waals surface area (Å²) in [6, 6.07) is 25.2. The molecule has 0 aliphatic rings. The highest BCUT2D eigenvalue weighted by Crippen LogP contribution is 2.22. The van der Waals surface area contributed by atoms with Gasteiger partial charge in [0, 0.05) is 22.3 Å². The Kier molecular flexibility index (Phi) is 6.20. The normalized spacial score (nSPS) is 11.1. The van der Waals surface area contributed by atoms with Crippen LogP contribution in [0, 0.1) is 23.7 Å². The van der Waals surface area contributed by atoms with E-state index in [1.807, 2.05) is 24.3 Å². The molecule has 0 saturated heterocycles. The summed E-state index contributed by atoms with van der Waals surface area (Å²) in [7, 11) is 0. The van der Waals surface area contributed by atoms with Gasteiger partial charge in [0.05, 0.1) is 0 Å². The molecule has 0 heteroatoms. The fraction of sp³-hybridized carbons (Fsp3) is 0.267. The van der Waals surface area contributed by atoms with Crippen molar-refractivity contribution in [1.82, 2.24) is 0 Å². The summed E-state index contributed by atoms with van der Waals surface area (Å²) >= 11 is 0. The van der Waals surface area contributed by atoms with E-state index in [-0.39, 0.29) is 10.8 Å². The molecule has 0 radical (unpaired) electrons. The smallest absolute Gasteiger partial charge is 0.0249 e. The second kappa shape index (κ2) is 8.65. The summed E-state index contributed by atoms with van der Waals surface area (Å²) in [5.74, 6) is 13.0. The van der Waals surface area contributed by atoms with E-state index >= 15 is 0 Å². The highest BCUT2D eigenvalue weighted by atomic mass is 14.2. The molecule has 0 saturated carbocycles. The van der Waals surface area contributed by atoms with Crippen molar-refractivity contribution >= 4 is 0 Å². The van der Waals surface area contributed by atoms with Gasteiger partial charge in [0.25, 0.3) is 0 Å². The van der Waals surface area contributed by atoms with Crippen molar-refractivity contribution in [3.8, 4) is 23.7 Å². The third kappa shape index (κ3) is 5.89. The van der Waals surface area contributed by atoms with Crippen molar-refractivity contribution in [2.75, 3.05) is 0 Å². The molecule has 3 aromatic carbocycles. The van der Waals surface area contributed by atoms with Gasteiger partial charge in [-0.3, -0.25) is 0 Å². The highest BCUT2D eigenvalue weighted by molar-refractivity contribution is 5.48. The lowest BCUT2D eigenvalue weighted by atomic mass is 9.87. The Morgan fingerprint density at radius 1 is 0.367 bits per heavy atom. The Morgan fingerprint density at radius 2 is 0.567 bits per heavy atom. The average Bonchev–Trinajstić information content (AvgIpc) is 2.71. The molecular formula is C30H30. The van der Waals surface area contributed by atoms with Crippen LogP contribution >= 0.6 is 0 Å². The molecule has 30 heavy (non-hydrogen) atoms. The highest BCUT2D eigenvalue weighted by Gasteiger charge is 2.13. The molecule has 0 aliphatic heterocycles. The first-order valence-corrected chi connectivity index (χ1v) is 10.5. The minimum Gasteiger partial charge on any atom is -0.0617 e. The molecule has 0 spiro atoms. The van der Waals surface area contributed by atoms with Crippen LogP contribution in [0.4, 0.5) is 0 Å². The van der Waals surface area contributed by atoms with Crippen LogP contribution in [0.1, 0.15) is 74.9 Å². The van der Waals surface area contributed by atoms with Gasteiger partial charge in [0.1, 0.15) is 0 Å². The van der Waals surface area contributed by atoms with E-state index in [0.29, 0.717) is 0 Å². The first kappa shape index (κ1) is 21.5. The fourth-order valence-electron chi connectivity index (χ4n) is 3.03. The van der Waals surface area contributed by atoms with Gasteiger partial charge in [-0.1, -0.05) is 89.5 Å². The maximum absolute atomic E-state index is 3.25. The first-order chi connectivity index (χ1) is 14.1. The van der Waals surface area contributed by atoms with Crippen molar-refractivity contribution in [3.63, 3.8) is 0 Å². The quantitative estimate of drug-likeness (QED) is 0.360. The molecule has 0 heterocycles. The van der Waals surface area contributed by atoms with Crippen LogP contribution in [-0.4, -0.2) is 0 Å². The topological polar surface area (TPSA) is 0 Å². The van der Waals surface area contributed by atoms with Crippen LogP contribution in [-0.2, 0) is 10.8 Å². The third-order valence-corrected chi connectivity index (χ3v) is 5.09. The molecule has 3 rings (SSSR count). The van der Waals surface area contributed by atoms with Gasteiger partial charge in [-0.25, -0.2) is 0 Å². The largest absolute Gasteiger partial charge is 0.0617 e. The maximum atomic E-state index is 3.25.